The molecule has 0 bridgehead atoms. The van der Waals surface area contributed by atoms with Gasteiger partial charge in [-0.3, -0.25) is 0 Å². The Bertz CT molecular complexity index is 360. The van der Waals surface area contributed by atoms with Crippen molar-refractivity contribution in [2.45, 2.75) is 33.4 Å². The van der Waals surface area contributed by atoms with Gasteiger partial charge in [-0.25, -0.2) is 9.67 Å². The third kappa shape index (κ3) is 3.78. The normalized spacial score (nSPS) is 21.0. The monoisotopic (exact) mass is 251 g/mol. The molecule has 1 aliphatic rings. The summed E-state index contributed by atoms with van der Waals surface area (Å²) in [6, 6.07) is 0. The predicted molar refractivity (Wildman–Crippen MR) is 72.2 cm³/mol. The molecule has 0 amide bonds. The van der Waals surface area contributed by atoms with Crippen LogP contribution in [-0.2, 0) is 13.1 Å². The SMILES string of the molecule is CC(C)Cn1ncnc1CNCC1CCN(C)C1. The van der Waals surface area contributed by atoms with E-state index in [2.05, 4.69) is 41.2 Å². The first-order chi connectivity index (χ1) is 8.65. The van der Waals surface area contributed by atoms with Crippen molar-refractivity contribution in [3.63, 3.8) is 0 Å². The maximum Gasteiger partial charge on any atom is 0.140 e. The summed E-state index contributed by atoms with van der Waals surface area (Å²) in [4.78, 5) is 6.72. The second-order valence-electron chi connectivity index (χ2n) is 5.80. The van der Waals surface area contributed by atoms with E-state index in [-0.39, 0.29) is 0 Å². The van der Waals surface area contributed by atoms with Crippen LogP contribution in [0.2, 0.25) is 0 Å². The Hall–Kier alpha value is -0.940. The quantitative estimate of drug-likeness (QED) is 0.818. The van der Waals surface area contributed by atoms with E-state index in [0.717, 1.165) is 31.4 Å². The molecule has 2 rings (SSSR count). The van der Waals surface area contributed by atoms with Crippen LogP contribution in [0, 0.1) is 11.8 Å². The Kier molecular flexibility index (Phi) is 4.72. The van der Waals surface area contributed by atoms with Crippen molar-refractivity contribution in [3.8, 4) is 0 Å². The molecule has 102 valence electrons. The summed E-state index contributed by atoms with van der Waals surface area (Å²) in [5, 5.41) is 7.79. The number of rotatable bonds is 6. The maximum absolute atomic E-state index is 4.33. The van der Waals surface area contributed by atoms with Gasteiger partial charge in [0.1, 0.15) is 12.2 Å². The molecule has 1 fully saturated rings. The third-order valence-electron chi connectivity index (χ3n) is 3.44. The van der Waals surface area contributed by atoms with Crippen LogP contribution in [0.4, 0.5) is 0 Å². The first-order valence-corrected chi connectivity index (χ1v) is 6.91. The van der Waals surface area contributed by atoms with Gasteiger partial charge in [-0.15, -0.1) is 0 Å². The molecule has 1 aromatic heterocycles. The fourth-order valence-electron chi connectivity index (χ4n) is 2.50. The topological polar surface area (TPSA) is 46.0 Å². The second kappa shape index (κ2) is 6.29. The molecule has 0 spiro atoms. The fraction of sp³-hybridized carbons (Fsp3) is 0.846. The standard InChI is InChI=1S/C13H25N5/c1-11(2)8-18-13(15-10-16-18)7-14-6-12-4-5-17(3)9-12/h10-12,14H,4-9H2,1-3H3. The molecular weight excluding hydrogens is 226 g/mol. The van der Waals surface area contributed by atoms with Crippen molar-refractivity contribution < 1.29 is 0 Å². The van der Waals surface area contributed by atoms with Crippen molar-refractivity contribution in [2.24, 2.45) is 11.8 Å². The molecule has 5 nitrogen and oxygen atoms in total. The molecule has 0 saturated carbocycles. The highest BCUT2D eigenvalue weighted by Crippen LogP contribution is 2.13. The van der Waals surface area contributed by atoms with E-state index in [1.54, 1.807) is 6.33 Å². The lowest BCUT2D eigenvalue weighted by atomic mass is 10.1. The molecule has 1 aliphatic heterocycles. The van der Waals surface area contributed by atoms with E-state index in [1.807, 2.05) is 4.68 Å². The molecule has 0 aliphatic carbocycles. The zero-order valence-corrected chi connectivity index (χ0v) is 11.8. The number of hydrogen-bond acceptors (Lipinski definition) is 4. The lowest BCUT2D eigenvalue weighted by Crippen LogP contribution is -2.26. The van der Waals surface area contributed by atoms with Crippen LogP contribution in [0.3, 0.4) is 0 Å². The highest BCUT2D eigenvalue weighted by Gasteiger charge is 2.18. The minimum atomic E-state index is 0.605. The zero-order valence-electron chi connectivity index (χ0n) is 11.8. The summed E-state index contributed by atoms with van der Waals surface area (Å²) in [6.07, 6.45) is 2.96. The van der Waals surface area contributed by atoms with Gasteiger partial charge >= 0.3 is 0 Å². The third-order valence-corrected chi connectivity index (χ3v) is 3.44. The van der Waals surface area contributed by atoms with Crippen LogP contribution in [0.25, 0.3) is 0 Å². The van der Waals surface area contributed by atoms with Gasteiger partial charge in [-0.05, 0) is 38.4 Å². The molecule has 2 heterocycles. The summed E-state index contributed by atoms with van der Waals surface area (Å²) in [7, 11) is 2.19. The van der Waals surface area contributed by atoms with Crippen LogP contribution < -0.4 is 5.32 Å². The van der Waals surface area contributed by atoms with E-state index in [9.17, 15) is 0 Å². The lowest BCUT2D eigenvalue weighted by Gasteiger charge is -2.12. The minimum Gasteiger partial charge on any atom is -0.310 e. The van der Waals surface area contributed by atoms with E-state index in [1.165, 1.54) is 19.5 Å². The average Bonchev–Trinajstić information content (AvgIpc) is 2.88. The van der Waals surface area contributed by atoms with Gasteiger partial charge in [0.15, 0.2) is 0 Å². The Labute approximate surface area is 110 Å². The van der Waals surface area contributed by atoms with Crippen LogP contribution in [0.15, 0.2) is 6.33 Å². The van der Waals surface area contributed by atoms with Gasteiger partial charge in [0.25, 0.3) is 0 Å². The molecule has 1 unspecified atom stereocenters. The Morgan fingerprint density at radius 2 is 2.33 bits per heavy atom. The molecule has 1 saturated heterocycles. The van der Waals surface area contributed by atoms with E-state index in [4.69, 9.17) is 0 Å². The largest absolute Gasteiger partial charge is 0.310 e. The zero-order chi connectivity index (χ0) is 13.0. The van der Waals surface area contributed by atoms with Crippen LogP contribution in [0.5, 0.6) is 0 Å². The van der Waals surface area contributed by atoms with Crippen molar-refractivity contribution >= 4 is 0 Å². The fourth-order valence-corrected chi connectivity index (χ4v) is 2.50. The van der Waals surface area contributed by atoms with E-state index >= 15 is 0 Å². The smallest absolute Gasteiger partial charge is 0.140 e. The maximum atomic E-state index is 4.33. The van der Waals surface area contributed by atoms with Gasteiger partial charge in [0.05, 0.1) is 6.54 Å². The first-order valence-electron chi connectivity index (χ1n) is 6.91. The van der Waals surface area contributed by atoms with E-state index < -0.39 is 0 Å². The second-order valence-corrected chi connectivity index (χ2v) is 5.80. The van der Waals surface area contributed by atoms with Gasteiger partial charge < -0.3 is 10.2 Å². The Balaban J connectivity index is 1.74. The molecular formula is C13H25N5. The summed E-state index contributed by atoms with van der Waals surface area (Å²) in [6.45, 7) is 9.71. The Morgan fingerprint density at radius 1 is 1.50 bits per heavy atom. The van der Waals surface area contributed by atoms with Crippen molar-refractivity contribution in [1.82, 2.24) is 25.0 Å². The first kappa shape index (κ1) is 13.5. The highest BCUT2D eigenvalue weighted by atomic mass is 15.3. The average molecular weight is 251 g/mol. The number of hydrogen-bond donors (Lipinski definition) is 1. The lowest BCUT2D eigenvalue weighted by molar-refractivity contribution is 0.385. The molecule has 1 aromatic rings. The van der Waals surface area contributed by atoms with Gasteiger partial charge in [0.2, 0.25) is 0 Å². The summed E-state index contributed by atoms with van der Waals surface area (Å²) in [5.41, 5.74) is 0. The molecule has 0 radical (unpaired) electrons. The van der Waals surface area contributed by atoms with Crippen LogP contribution >= 0.6 is 0 Å². The summed E-state index contributed by atoms with van der Waals surface area (Å²) >= 11 is 0. The molecule has 0 aromatic carbocycles. The molecule has 18 heavy (non-hydrogen) atoms. The highest BCUT2D eigenvalue weighted by molar-refractivity contribution is 4.85. The molecule has 5 heteroatoms. The number of nitrogens with one attached hydrogen (secondary N) is 1. The van der Waals surface area contributed by atoms with Gasteiger partial charge in [-0.1, -0.05) is 13.8 Å². The summed E-state index contributed by atoms with van der Waals surface area (Å²) < 4.78 is 2.01. The van der Waals surface area contributed by atoms with Crippen LogP contribution in [-0.4, -0.2) is 46.3 Å². The summed E-state index contributed by atoms with van der Waals surface area (Å²) in [5.74, 6) is 2.44. The van der Waals surface area contributed by atoms with Crippen LogP contribution in [0.1, 0.15) is 26.1 Å². The predicted octanol–water partition coefficient (Wildman–Crippen LogP) is 0.975. The van der Waals surface area contributed by atoms with Crippen molar-refractivity contribution in [3.05, 3.63) is 12.2 Å². The van der Waals surface area contributed by atoms with Gasteiger partial charge in [0, 0.05) is 13.1 Å². The van der Waals surface area contributed by atoms with Crippen molar-refractivity contribution in [2.75, 3.05) is 26.7 Å². The van der Waals surface area contributed by atoms with Crippen molar-refractivity contribution in [1.29, 1.82) is 0 Å². The molecule has 1 atom stereocenters. The Morgan fingerprint density at radius 3 is 3.00 bits per heavy atom. The minimum absolute atomic E-state index is 0.605. The number of nitrogens with zero attached hydrogens (tertiary/aromatic N) is 4. The van der Waals surface area contributed by atoms with E-state index in [0.29, 0.717) is 5.92 Å². The number of likely N-dealkylation sites (tertiary alicyclic amines) is 1. The number of aromatic nitrogens is 3. The van der Waals surface area contributed by atoms with Gasteiger partial charge in [-0.2, -0.15) is 5.10 Å². The molecule has 1 N–H and O–H groups in total.